The molecule has 0 aliphatic carbocycles. The molecule has 8 heteroatoms. The molecule has 0 saturated heterocycles. The third-order valence-corrected chi connectivity index (χ3v) is 0.898. The first-order valence-corrected chi connectivity index (χ1v) is 3.57. The summed E-state index contributed by atoms with van der Waals surface area (Å²) >= 11 is 0. The number of nitrogens with two attached hydrogens (primary N) is 2. The van der Waals surface area contributed by atoms with Gasteiger partial charge < -0.3 is 16.6 Å². The molecule has 8 nitrogen and oxygen atoms in total. The highest BCUT2D eigenvalue weighted by Crippen LogP contribution is 1.84. The van der Waals surface area contributed by atoms with E-state index in [-0.39, 0.29) is 19.4 Å². The highest BCUT2D eigenvalue weighted by Gasteiger charge is 2.00. The van der Waals surface area contributed by atoms with Crippen LogP contribution in [0.25, 0.3) is 0 Å². The van der Waals surface area contributed by atoms with Gasteiger partial charge in [-0.3, -0.25) is 19.6 Å². The minimum absolute atomic E-state index is 0.0353. The summed E-state index contributed by atoms with van der Waals surface area (Å²) in [6.07, 6.45) is -0.0990. The summed E-state index contributed by atoms with van der Waals surface area (Å²) in [5.41, 5.74) is 10.6. The van der Waals surface area contributed by atoms with Crippen LogP contribution in [0.4, 0.5) is 0 Å². The third kappa shape index (κ3) is 16.7. The van der Waals surface area contributed by atoms with Crippen LogP contribution in [0, 0.1) is 0 Å². The average Bonchev–Trinajstić information content (AvgIpc) is 2.14. The fraction of sp³-hybridized carbons (Fsp3) is 0.500. The zero-order valence-electron chi connectivity index (χ0n) is 7.40. The highest BCUT2D eigenvalue weighted by atomic mass is 16.5. The van der Waals surface area contributed by atoms with Gasteiger partial charge in [0.2, 0.25) is 11.8 Å². The topological polar surface area (TPSA) is 156 Å². The number of aliphatic carboxylic acids is 1. The predicted octanol–water partition coefficient (Wildman–Crippen LogP) is -2.21. The molecule has 0 aromatic carbocycles. The summed E-state index contributed by atoms with van der Waals surface area (Å²) in [6.45, 7) is -0.278. The second-order valence-electron chi connectivity index (χ2n) is 2.10. The van der Waals surface area contributed by atoms with Gasteiger partial charge in [0, 0.05) is 12.8 Å². The van der Waals surface area contributed by atoms with E-state index >= 15 is 0 Å². The van der Waals surface area contributed by atoms with E-state index in [2.05, 4.69) is 5.73 Å². The van der Waals surface area contributed by atoms with Crippen molar-refractivity contribution >= 4 is 17.8 Å². The van der Waals surface area contributed by atoms with Crippen molar-refractivity contribution in [2.75, 3.05) is 6.54 Å². The van der Waals surface area contributed by atoms with E-state index in [4.69, 9.17) is 16.0 Å². The molecular formula is C6H13N3O5. The number of hydroxylamine groups is 1. The van der Waals surface area contributed by atoms with Gasteiger partial charge >= 0.3 is 5.97 Å². The van der Waals surface area contributed by atoms with Crippen molar-refractivity contribution in [1.29, 1.82) is 0 Å². The maximum Gasteiger partial charge on any atom is 0.317 e. The molecule has 0 unspecified atom stereocenters. The summed E-state index contributed by atoms with van der Waals surface area (Å²) in [7, 11) is 0. The molecule has 0 aliphatic heterocycles. The molecule has 0 fully saturated rings. The molecule has 0 saturated carbocycles. The molecule has 2 amide bonds. The summed E-state index contributed by atoms with van der Waals surface area (Å²) in [6, 6.07) is 0. The smallest absolute Gasteiger partial charge is 0.317 e. The average molecular weight is 207 g/mol. The number of amides is 2. The van der Waals surface area contributed by atoms with Crippen molar-refractivity contribution in [3.05, 3.63) is 0 Å². The Bertz CT molecular complexity index is 206. The van der Waals surface area contributed by atoms with Gasteiger partial charge in [0.25, 0.3) is 0 Å². The van der Waals surface area contributed by atoms with Gasteiger partial charge in [-0.2, -0.15) is 0 Å². The zero-order chi connectivity index (χ0) is 11.6. The van der Waals surface area contributed by atoms with Crippen LogP contribution >= 0.6 is 0 Å². The monoisotopic (exact) mass is 207 g/mol. The Balaban J connectivity index is 0. The van der Waals surface area contributed by atoms with Crippen LogP contribution in [0.3, 0.4) is 0 Å². The van der Waals surface area contributed by atoms with Crippen LogP contribution in [0.15, 0.2) is 0 Å². The largest absolute Gasteiger partial charge is 0.480 e. The minimum Gasteiger partial charge on any atom is -0.480 e. The number of rotatable bonds is 4. The predicted molar refractivity (Wildman–Crippen MR) is 45.0 cm³/mol. The number of carbonyl (C=O) groups is 3. The minimum atomic E-state index is -0.968. The van der Waals surface area contributed by atoms with Gasteiger partial charge in [-0.1, -0.05) is 0 Å². The molecule has 0 radical (unpaired) electrons. The van der Waals surface area contributed by atoms with Gasteiger partial charge in [0.05, 0.1) is 6.54 Å². The number of carboxylic acid groups (broad SMARTS) is 1. The summed E-state index contributed by atoms with van der Waals surface area (Å²) in [5.74, 6) is -2.13. The Hall–Kier alpha value is -1.67. The Kier molecular flexibility index (Phi) is 9.98. The van der Waals surface area contributed by atoms with Crippen LogP contribution in [-0.2, 0) is 14.4 Å². The molecule has 82 valence electrons. The maximum atomic E-state index is 10.1. The van der Waals surface area contributed by atoms with E-state index in [9.17, 15) is 14.4 Å². The van der Waals surface area contributed by atoms with Crippen molar-refractivity contribution in [3.8, 4) is 0 Å². The third-order valence-electron chi connectivity index (χ3n) is 0.898. The lowest BCUT2D eigenvalue weighted by atomic mass is 10.3. The first-order valence-electron chi connectivity index (χ1n) is 3.57. The van der Waals surface area contributed by atoms with Gasteiger partial charge in [-0.15, -0.1) is 0 Å². The van der Waals surface area contributed by atoms with Crippen LogP contribution in [-0.4, -0.2) is 34.6 Å². The van der Waals surface area contributed by atoms with Crippen molar-refractivity contribution in [2.24, 2.45) is 11.5 Å². The Morgan fingerprint density at radius 1 is 1.21 bits per heavy atom. The van der Waals surface area contributed by atoms with E-state index < -0.39 is 17.8 Å². The van der Waals surface area contributed by atoms with Gasteiger partial charge in [0.15, 0.2) is 0 Å². The summed E-state index contributed by atoms with van der Waals surface area (Å²) in [4.78, 5) is 29.4. The molecule has 0 heterocycles. The molecule has 0 aromatic heterocycles. The van der Waals surface area contributed by atoms with Gasteiger partial charge in [0.1, 0.15) is 0 Å². The molecule has 0 rings (SSSR count). The highest BCUT2D eigenvalue weighted by molar-refractivity contribution is 5.82. The quantitative estimate of drug-likeness (QED) is 0.260. The molecule has 0 spiro atoms. The van der Waals surface area contributed by atoms with Crippen LogP contribution in [0.1, 0.15) is 12.8 Å². The van der Waals surface area contributed by atoms with E-state index in [1.54, 1.807) is 0 Å². The molecular weight excluding hydrogens is 194 g/mol. The zero-order valence-corrected chi connectivity index (χ0v) is 7.40. The van der Waals surface area contributed by atoms with Crippen LogP contribution < -0.4 is 16.9 Å². The number of carboxylic acids is 1. The molecule has 0 aromatic rings. The Labute approximate surface area is 79.8 Å². The lowest BCUT2D eigenvalue weighted by molar-refractivity contribution is -0.135. The Morgan fingerprint density at radius 2 is 1.64 bits per heavy atom. The second kappa shape index (κ2) is 9.42. The molecule has 7 N–H and O–H groups in total. The van der Waals surface area contributed by atoms with Crippen molar-refractivity contribution in [1.82, 2.24) is 5.48 Å². The van der Waals surface area contributed by atoms with Crippen molar-refractivity contribution in [2.45, 2.75) is 12.8 Å². The SMILES string of the molecule is NC(=O)CCC(=O)NO.NCC(=O)O. The number of hydrogen-bond donors (Lipinski definition) is 5. The number of carbonyl (C=O) groups excluding carboxylic acids is 2. The molecule has 0 bridgehead atoms. The molecule has 0 aliphatic rings. The first kappa shape index (κ1) is 14.8. The van der Waals surface area contributed by atoms with Crippen molar-refractivity contribution in [3.63, 3.8) is 0 Å². The number of hydrogen-bond acceptors (Lipinski definition) is 5. The normalized spacial score (nSPS) is 8.14. The number of nitrogens with one attached hydrogen (secondary N) is 1. The fourth-order valence-electron chi connectivity index (χ4n) is 0.293. The fourth-order valence-corrected chi connectivity index (χ4v) is 0.293. The lowest BCUT2D eigenvalue weighted by Gasteiger charge is -1.92. The van der Waals surface area contributed by atoms with Gasteiger partial charge in [-0.25, -0.2) is 5.48 Å². The van der Waals surface area contributed by atoms with Crippen LogP contribution in [0.5, 0.6) is 0 Å². The van der Waals surface area contributed by atoms with Gasteiger partial charge in [-0.05, 0) is 0 Å². The van der Waals surface area contributed by atoms with Crippen LogP contribution in [0.2, 0.25) is 0 Å². The van der Waals surface area contributed by atoms with E-state index in [1.807, 2.05) is 0 Å². The maximum absolute atomic E-state index is 10.1. The lowest BCUT2D eigenvalue weighted by Crippen LogP contribution is -2.21. The Morgan fingerprint density at radius 3 is 1.86 bits per heavy atom. The summed E-state index contributed by atoms with van der Waals surface area (Å²) < 4.78 is 0. The number of primary amides is 1. The van der Waals surface area contributed by atoms with Crippen molar-refractivity contribution < 1.29 is 24.7 Å². The van der Waals surface area contributed by atoms with E-state index in [0.717, 1.165) is 0 Å². The molecule has 14 heavy (non-hydrogen) atoms. The van der Waals surface area contributed by atoms with E-state index in [1.165, 1.54) is 5.48 Å². The van der Waals surface area contributed by atoms with E-state index in [0.29, 0.717) is 0 Å². The molecule has 0 atom stereocenters. The second-order valence-corrected chi connectivity index (χ2v) is 2.10. The summed E-state index contributed by atoms with van der Waals surface area (Å²) in [5, 5.41) is 15.5. The standard InChI is InChI=1S/C4H8N2O3.C2H5NO2/c5-3(7)1-2-4(8)6-9;3-1-2(4)5/h9H,1-2H2,(H2,5,7)(H,6,8);1,3H2,(H,4,5). The first-order chi connectivity index (χ1) is 6.43.